The number of hydrogen-bond donors (Lipinski definition) is 3. The van der Waals surface area contributed by atoms with Gasteiger partial charge in [-0.05, 0) is 26.7 Å². The highest BCUT2D eigenvalue weighted by molar-refractivity contribution is 7.80. The number of hydrogen-bond acceptors (Lipinski definition) is 3. The van der Waals surface area contributed by atoms with Gasteiger partial charge in [0.25, 0.3) is 0 Å². The molecule has 1 rings (SSSR count). The molecule has 0 saturated heterocycles. The molecule has 0 aliphatic heterocycles. The van der Waals surface area contributed by atoms with E-state index in [1.165, 1.54) is 0 Å². The van der Waals surface area contributed by atoms with Crippen molar-refractivity contribution in [2.24, 2.45) is 11.1 Å². The van der Waals surface area contributed by atoms with Gasteiger partial charge in [-0.1, -0.05) is 12.2 Å². The topological polar surface area (TPSA) is 84.2 Å². The normalized spacial score (nSPS) is 16.7. The Labute approximate surface area is 100 Å². The second kappa shape index (κ2) is 4.78. The molecule has 0 aromatic heterocycles. The predicted octanol–water partition coefficient (Wildman–Crippen LogP) is -0.306. The molecule has 1 fully saturated rings. The van der Waals surface area contributed by atoms with E-state index in [-0.39, 0.29) is 29.4 Å². The molecular formula is C10H17N3O2S. The summed E-state index contributed by atoms with van der Waals surface area (Å²) in [5.41, 5.74) is 4.80. The fraction of sp³-hybridized carbons (Fsp3) is 0.700. The Morgan fingerprint density at radius 2 is 2.00 bits per heavy atom. The average Bonchev–Trinajstić information content (AvgIpc) is 2.93. The number of amides is 2. The molecule has 5 nitrogen and oxygen atoms in total. The summed E-state index contributed by atoms with van der Waals surface area (Å²) in [5.74, 6) is -0.444. The summed E-state index contributed by atoms with van der Waals surface area (Å²) < 4.78 is 0. The van der Waals surface area contributed by atoms with E-state index in [1.54, 1.807) is 0 Å². The zero-order valence-corrected chi connectivity index (χ0v) is 10.3. The van der Waals surface area contributed by atoms with Crippen molar-refractivity contribution < 1.29 is 9.59 Å². The Hall–Kier alpha value is -1.17. The quantitative estimate of drug-likeness (QED) is 0.579. The molecule has 90 valence electrons. The van der Waals surface area contributed by atoms with Crippen LogP contribution in [-0.4, -0.2) is 29.4 Å². The fourth-order valence-corrected chi connectivity index (χ4v) is 1.71. The number of carbonyl (C=O) groups is 2. The van der Waals surface area contributed by atoms with E-state index in [4.69, 9.17) is 18.0 Å². The standard InChI is InChI=1S/C10H17N3O2S/c1-6(2)13-7(14)5-12-9(15)10(3-4-10)8(11)16/h6H,3-5H2,1-2H3,(H2,11,16)(H,12,15)(H,13,14). The highest BCUT2D eigenvalue weighted by atomic mass is 32.1. The predicted molar refractivity (Wildman–Crippen MR) is 64.7 cm³/mol. The highest BCUT2D eigenvalue weighted by Crippen LogP contribution is 2.46. The van der Waals surface area contributed by atoms with E-state index in [0.29, 0.717) is 12.8 Å². The zero-order valence-electron chi connectivity index (χ0n) is 9.50. The average molecular weight is 243 g/mol. The van der Waals surface area contributed by atoms with Gasteiger partial charge in [-0.3, -0.25) is 9.59 Å². The third-order valence-corrected chi connectivity index (χ3v) is 2.91. The molecule has 0 spiro atoms. The third kappa shape index (κ3) is 2.91. The zero-order chi connectivity index (χ0) is 12.3. The first-order valence-electron chi connectivity index (χ1n) is 5.26. The number of rotatable bonds is 5. The minimum Gasteiger partial charge on any atom is -0.392 e. The van der Waals surface area contributed by atoms with Gasteiger partial charge in [-0.15, -0.1) is 0 Å². The SMILES string of the molecule is CC(C)NC(=O)CNC(=O)C1(C(N)=S)CC1. The van der Waals surface area contributed by atoms with Crippen molar-refractivity contribution in [1.29, 1.82) is 0 Å². The second-order valence-electron chi connectivity index (χ2n) is 4.35. The third-order valence-electron chi connectivity index (χ3n) is 2.52. The van der Waals surface area contributed by atoms with E-state index < -0.39 is 5.41 Å². The van der Waals surface area contributed by atoms with E-state index in [1.807, 2.05) is 13.8 Å². The molecule has 0 heterocycles. The summed E-state index contributed by atoms with van der Waals surface area (Å²) in [5, 5.41) is 5.23. The van der Waals surface area contributed by atoms with Crippen LogP contribution in [0, 0.1) is 5.41 Å². The number of thiocarbonyl (C=S) groups is 1. The van der Waals surface area contributed by atoms with Crippen molar-refractivity contribution in [2.75, 3.05) is 6.54 Å². The lowest BCUT2D eigenvalue weighted by Crippen LogP contribution is -2.45. The molecule has 6 heteroatoms. The lowest BCUT2D eigenvalue weighted by molar-refractivity contribution is -0.128. The molecule has 1 saturated carbocycles. The van der Waals surface area contributed by atoms with Crippen LogP contribution in [0.25, 0.3) is 0 Å². The van der Waals surface area contributed by atoms with Crippen molar-refractivity contribution in [3.63, 3.8) is 0 Å². The number of nitrogens with one attached hydrogen (secondary N) is 2. The molecule has 0 aromatic rings. The molecule has 0 bridgehead atoms. The Kier molecular flexibility index (Phi) is 3.85. The monoisotopic (exact) mass is 243 g/mol. The van der Waals surface area contributed by atoms with Gasteiger partial charge in [0.1, 0.15) is 0 Å². The first-order valence-corrected chi connectivity index (χ1v) is 5.67. The summed E-state index contributed by atoms with van der Waals surface area (Å²) in [6.45, 7) is 3.69. The van der Waals surface area contributed by atoms with Gasteiger partial charge in [0, 0.05) is 6.04 Å². The molecule has 0 unspecified atom stereocenters. The van der Waals surface area contributed by atoms with Crippen LogP contribution in [0.15, 0.2) is 0 Å². The van der Waals surface area contributed by atoms with Gasteiger partial charge in [0.15, 0.2) is 0 Å². The minimum atomic E-state index is -0.687. The Balaban J connectivity index is 2.36. The molecule has 0 radical (unpaired) electrons. The summed E-state index contributed by atoms with van der Waals surface area (Å²) in [4.78, 5) is 23.2. The van der Waals surface area contributed by atoms with Crippen LogP contribution < -0.4 is 16.4 Å². The Bertz CT molecular complexity index is 324. The van der Waals surface area contributed by atoms with Crippen molar-refractivity contribution in [2.45, 2.75) is 32.7 Å². The lowest BCUT2D eigenvalue weighted by Gasteiger charge is -2.14. The molecule has 1 aliphatic carbocycles. The van der Waals surface area contributed by atoms with Gasteiger partial charge in [0.05, 0.1) is 16.9 Å². The molecule has 2 amide bonds. The highest BCUT2D eigenvalue weighted by Gasteiger charge is 2.52. The van der Waals surface area contributed by atoms with Crippen molar-refractivity contribution in [3.05, 3.63) is 0 Å². The van der Waals surface area contributed by atoms with Gasteiger partial charge < -0.3 is 16.4 Å². The minimum absolute atomic E-state index is 0.0264. The smallest absolute Gasteiger partial charge is 0.239 e. The van der Waals surface area contributed by atoms with E-state index in [2.05, 4.69) is 10.6 Å². The van der Waals surface area contributed by atoms with E-state index in [9.17, 15) is 9.59 Å². The summed E-state index contributed by atoms with van der Waals surface area (Å²) in [7, 11) is 0. The maximum atomic E-state index is 11.7. The number of nitrogens with two attached hydrogens (primary N) is 1. The van der Waals surface area contributed by atoms with Crippen molar-refractivity contribution in [1.82, 2.24) is 10.6 Å². The van der Waals surface area contributed by atoms with Gasteiger partial charge in [0.2, 0.25) is 11.8 Å². The first-order chi connectivity index (χ1) is 7.38. The summed E-state index contributed by atoms with van der Waals surface area (Å²) >= 11 is 4.84. The van der Waals surface area contributed by atoms with Crippen LogP contribution in [0.3, 0.4) is 0 Å². The van der Waals surface area contributed by atoms with Crippen LogP contribution in [0.2, 0.25) is 0 Å². The van der Waals surface area contributed by atoms with Crippen LogP contribution in [0.5, 0.6) is 0 Å². The van der Waals surface area contributed by atoms with Crippen LogP contribution >= 0.6 is 12.2 Å². The Morgan fingerprint density at radius 1 is 1.44 bits per heavy atom. The largest absolute Gasteiger partial charge is 0.392 e. The maximum absolute atomic E-state index is 11.7. The molecule has 4 N–H and O–H groups in total. The maximum Gasteiger partial charge on any atom is 0.239 e. The van der Waals surface area contributed by atoms with Crippen LogP contribution in [-0.2, 0) is 9.59 Å². The van der Waals surface area contributed by atoms with E-state index in [0.717, 1.165) is 0 Å². The number of carbonyl (C=O) groups excluding carboxylic acids is 2. The Morgan fingerprint density at radius 3 is 2.38 bits per heavy atom. The van der Waals surface area contributed by atoms with Crippen LogP contribution in [0.1, 0.15) is 26.7 Å². The first kappa shape index (κ1) is 12.9. The molecular weight excluding hydrogens is 226 g/mol. The van der Waals surface area contributed by atoms with Gasteiger partial charge in [-0.25, -0.2) is 0 Å². The summed E-state index contributed by atoms with van der Waals surface area (Å²) in [6, 6.07) is 0.0647. The van der Waals surface area contributed by atoms with Crippen molar-refractivity contribution in [3.8, 4) is 0 Å². The molecule has 0 aromatic carbocycles. The van der Waals surface area contributed by atoms with Crippen molar-refractivity contribution >= 4 is 29.0 Å². The summed E-state index contributed by atoms with van der Waals surface area (Å²) in [6.07, 6.45) is 1.36. The fourth-order valence-electron chi connectivity index (χ4n) is 1.41. The second-order valence-corrected chi connectivity index (χ2v) is 4.79. The van der Waals surface area contributed by atoms with Gasteiger partial charge >= 0.3 is 0 Å². The van der Waals surface area contributed by atoms with Crippen LogP contribution in [0.4, 0.5) is 0 Å². The molecule has 0 atom stereocenters. The van der Waals surface area contributed by atoms with Gasteiger partial charge in [-0.2, -0.15) is 0 Å². The lowest BCUT2D eigenvalue weighted by atomic mass is 10.1. The molecule has 1 aliphatic rings. The molecule has 16 heavy (non-hydrogen) atoms. The van der Waals surface area contributed by atoms with E-state index >= 15 is 0 Å².